The van der Waals surface area contributed by atoms with Crippen LogP contribution in [0.25, 0.3) is 0 Å². The highest BCUT2D eigenvalue weighted by atomic mass is 31.2. The second kappa shape index (κ2) is 59.7. The van der Waals surface area contributed by atoms with Gasteiger partial charge in [0.2, 0.25) is 0 Å². The highest BCUT2D eigenvalue weighted by Crippen LogP contribution is 2.45. The lowest BCUT2D eigenvalue weighted by molar-refractivity contribution is -0.161. The maximum atomic E-state index is 13.0. The van der Waals surface area contributed by atoms with Crippen molar-refractivity contribution < 1.29 is 80.2 Å². The van der Waals surface area contributed by atoms with Gasteiger partial charge in [0, 0.05) is 25.7 Å². The Balaban J connectivity index is 5.16. The quantitative estimate of drug-likeness (QED) is 0.0222. The van der Waals surface area contributed by atoms with Gasteiger partial charge >= 0.3 is 39.5 Å². The van der Waals surface area contributed by atoms with E-state index in [0.29, 0.717) is 31.6 Å². The van der Waals surface area contributed by atoms with Gasteiger partial charge < -0.3 is 33.8 Å². The summed E-state index contributed by atoms with van der Waals surface area (Å²) < 4.78 is 68.0. The second-order valence-electron chi connectivity index (χ2n) is 24.3. The molecular formula is C66H128O17P2. The van der Waals surface area contributed by atoms with Crippen LogP contribution in [-0.2, 0) is 65.4 Å². The number of phosphoric acid groups is 2. The Bertz CT molecular complexity index is 1650. The van der Waals surface area contributed by atoms with Crippen molar-refractivity contribution >= 4 is 39.5 Å². The summed E-state index contributed by atoms with van der Waals surface area (Å²) in [6.45, 7) is 7.09. The normalized spacial score (nSPS) is 14.2. The zero-order chi connectivity index (χ0) is 62.8. The summed E-state index contributed by atoms with van der Waals surface area (Å²) in [5.41, 5.74) is 0. The predicted octanol–water partition coefficient (Wildman–Crippen LogP) is 18.6. The number of unbranched alkanes of at least 4 members (excludes halogenated alkanes) is 38. The lowest BCUT2D eigenvalue weighted by atomic mass is 10.0. The van der Waals surface area contributed by atoms with Gasteiger partial charge in [-0.05, 0) is 31.6 Å². The van der Waals surface area contributed by atoms with Gasteiger partial charge in [0.15, 0.2) is 12.2 Å². The van der Waals surface area contributed by atoms with Crippen molar-refractivity contribution in [3.8, 4) is 0 Å². The zero-order valence-electron chi connectivity index (χ0n) is 54.7. The molecule has 0 saturated carbocycles. The maximum absolute atomic E-state index is 13.0. The fraction of sp³-hybridized carbons (Fsp3) is 0.939. The number of carbonyl (C=O) groups excluding carboxylic acids is 4. The Hall–Kier alpha value is -1.94. The topological polar surface area (TPSA) is 237 Å². The summed E-state index contributed by atoms with van der Waals surface area (Å²) in [5, 5.41) is 10.5. The Morgan fingerprint density at radius 1 is 0.318 bits per heavy atom. The largest absolute Gasteiger partial charge is 0.472 e. The molecule has 0 saturated heterocycles. The monoisotopic (exact) mass is 1250 g/mol. The van der Waals surface area contributed by atoms with Gasteiger partial charge in [0.05, 0.1) is 26.4 Å². The lowest BCUT2D eigenvalue weighted by Gasteiger charge is -2.21. The number of carbonyl (C=O) groups is 4. The molecule has 0 aromatic carbocycles. The Morgan fingerprint density at radius 3 is 0.800 bits per heavy atom. The lowest BCUT2D eigenvalue weighted by Crippen LogP contribution is -2.30. The number of aliphatic hydroxyl groups excluding tert-OH is 1. The molecule has 504 valence electrons. The minimum Gasteiger partial charge on any atom is -0.462 e. The van der Waals surface area contributed by atoms with Crippen LogP contribution < -0.4 is 0 Å². The molecule has 0 spiro atoms. The molecule has 0 bridgehead atoms. The van der Waals surface area contributed by atoms with Crippen LogP contribution in [0.3, 0.4) is 0 Å². The number of aliphatic hydroxyl groups is 1. The highest BCUT2D eigenvalue weighted by molar-refractivity contribution is 7.47. The summed E-state index contributed by atoms with van der Waals surface area (Å²) in [7, 11) is -9.88. The van der Waals surface area contributed by atoms with Crippen LogP contribution in [-0.4, -0.2) is 96.7 Å². The zero-order valence-corrected chi connectivity index (χ0v) is 56.5. The predicted molar refractivity (Wildman–Crippen MR) is 340 cm³/mol. The highest BCUT2D eigenvalue weighted by Gasteiger charge is 2.30. The number of ether oxygens (including phenoxy) is 4. The van der Waals surface area contributed by atoms with Crippen LogP contribution in [0.1, 0.15) is 336 Å². The van der Waals surface area contributed by atoms with E-state index in [9.17, 15) is 43.2 Å². The van der Waals surface area contributed by atoms with Gasteiger partial charge in [-0.1, -0.05) is 285 Å². The van der Waals surface area contributed by atoms with E-state index >= 15 is 0 Å². The fourth-order valence-electron chi connectivity index (χ4n) is 9.94. The summed E-state index contributed by atoms with van der Waals surface area (Å²) in [4.78, 5) is 72.2. The van der Waals surface area contributed by atoms with Gasteiger partial charge in [0.1, 0.15) is 19.3 Å². The standard InChI is InChI=1S/C66H128O17P2/c1-6-9-12-15-18-21-23-24-25-26-27-28-29-30-32-35-41-46-51-65(70)82-61(55-77-64(69)50-45-40-34-31-22-19-16-13-10-7-2)57-80-84(72,73)78-53-60(67)54-79-85(74,75)81-58-62(56-76-63(68)49-44-39-33-20-17-14-11-8-3)83-66(71)52-47-42-37-36-38-43-48-59(4)5/h59-62,67H,6-58H2,1-5H3,(H,72,73)(H,74,75)/t60-,61-,62-/m1/s1. The molecule has 0 aliphatic heterocycles. The van der Waals surface area contributed by atoms with Crippen LogP contribution >= 0.6 is 15.6 Å². The molecule has 2 unspecified atom stereocenters. The number of rotatable bonds is 66. The SMILES string of the molecule is CCCCCCCCCCCCCCCCCCCCC(=O)O[C@H](COC(=O)CCCCCCCCCCCC)COP(=O)(O)OC[C@@H](O)COP(=O)(O)OC[C@@H](COC(=O)CCCCCCCCCC)OC(=O)CCCCCCCCC(C)C. The third kappa shape index (κ3) is 60.7. The van der Waals surface area contributed by atoms with E-state index in [2.05, 4.69) is 34.6 Å². The molecule has 5 atom stereocenters. The van der Waals surface area contributed by atoms with Gasteiger partial charge in [-0.3, -0.25) is 37.3 Å². The van der Waals surface area contributed by atoms with Crippen LogP contribution in [0.5, 0.6) is 0 Å². The first-order valence-electron chi connectivity index (χ1n) is 34.6. The van der Waals surface area contributed by atoms with E-state index in [0.717, 1.165) is 96.3 Å². The Morgan fingerprint density at radius 2 is 0.541 bits per heavy atom. The molecule has 85 heavy (non-hydrogen) atoms. The number of phosphoric ester groups is 2. The first-order valence-corrected chi connectivity index (χ1v) is 37.6. The van der Waals surface area contributed by atoms with Gasteiger partial charge in [-0.2, -0.15) is 0 Å². The molecule has 0 radical (unpaired) electrons. The number of esters is 4. The second-order valence-corrected chi connectivity index (χ2v) is 27.2. The third-order valence-corrected chi connectivity index (χ3v) is 17.2. The summed E-state index contributed by atoms with van der Waals surface area (Å²) in [6, 6.07) is 0. The molecular weight excluding hydrogens is 1130 g/mol. The Labute approximate surface area is 517 Å². The van der Waals surface area contributed by atoms with Crippen LogP contribution in [0.2, 0.25) is 0 Å². The summed E-state index contributed by atoms with van der Waals surface area (Å²) >= 11 is 0. The molecule has 0 aromatic heterocycles. The molecule has 0 aliphatic carbocycles. The summed E-state index contributed by atoms with van der Waals surface area (Å²) in [6.07, 6.45) is 44.7. The molecule has 0 fully saturated rings. The first kappa shape index (κ1) is 83.1. The Kier molecular flexibility index (Phi) is 58.3. The molecule has 0 amide bonds. The number of hydrogen-bond donors (Lipinski definition) is 3. The molecule has 0 aliphatic rings. The van der Waals surface area contributed by atoms with E-state index in [4.69, 9.17) is 37.0 Å². The van der Waals surface area contributed by atoms with Crippen LogP contribution in [0.15, 0.2) is 0 Å². The molecule has 0 heterocycles. The van der Waals surface area contributed by atoms with E-state index in [1.54, 1.807) is 0 Å². The van der Waals surface area contributed by atoms with Crippen molar-refractivity contribution in [1.29, 1.82) is 0 Å². The van der Waals surface area contributed by atoms with E-state index in [-0.39, 0.29) is 25.7 Å². The fourth-order valence-corrected chi connectivity index (χ4v) is 11.5. The van der Waals surface area contributed by atoms with Gasteiger partial charge in [-0.25, -0.2) is 9.13 Å². The van der Waals surface area contributed by atoms with Gasteiger partial charge in [0.25, 0.3) is 0 Å². The number of hydrogen-bond acceptors (Lipinski definition) is 15. The minimum absolute atomic E-state index is 0.102. The first-order chi connectivity index (χ1) is 41.0. The molecule has 3 N–H and O–H groups in total. The van der Waals surface area contributed by atoms with Crippen LogP contribution in [0, 0.1) is 5.92 Å². The van der Waals surface area contributed by atoms with Crippen molar-refractivity contribution in [2.24, 2.45) is 5.92 Å². The molecule has 17 nitrogen and oxygen atoms in total. The molecule has 0 aromatic rings. The van der Waals surface area contributed by atoms with Crippen molar-refractivity contribution in [3.63, 3.8) is 0 Å². The average molecular weight is 1260 g/mol. The van der Waals surface area contributed by atoms with Crippen molar-refractivity contribution in [3.05, 3.63) is 0 Å². The van der Waals surface area contributed by atoms with Crippen LogP contribution in [0.4, 0.5) is 0 Å². The van der Waals surface area contributed by atoms with E-state index in [1.165, 1.54) is 154 Å². The van der Waals surface area contributed by atoms with E-state index in [1.807, 2.05) is 0 Å². The van der Waals surface area contributed by atoms with Crippen molar-refractivity contribution in [2.75, 3.05) is 39.6 Å². The minimum atomic E-state index is -4.94. The third-order valence-electron chi connectivity index (χ3n) is 15.3. The average Bonchev–Trinajstić information content (AvgIpc) is 3.61. The molecule has 0 rings (SSSR count). The molecule has 19 heteroatoms. The van der Waals surface area contributed by atoms with Crippen molar-refractivity contribution in [2.45, 2.75) is 355 Å². The smallest absolute Gasteiger partial charge is 0.462 e. The van der Waals surface area contributed by atoms with E-state index < -0.39 is 97.5 Å². The van der Waals surface area contributed by atoms with Crippen molar-refractivity contribution in [1.82, 2.24) is 0 Å². The maximum Gasteiger partial charge on any atom is 0.472 e. The van der Waals surface area contributed by atoms with Gasteiger partial charge in [-0.15, -0.1) is 0 Å². The summed E-state index contributed by atoms with van der Waals surface area (Å²) in [5.74, 6) is -1.47.